The lowest BCUT2D eigenvalue weighted by Crippen LogP contribution is -2.40. The van der Waals surface area contributed by atoms with E-state index in [9.17, 15) is 8.42 Å². The van der Waals surface area contributed by atoms with Crippen molar-refractivity contribution in [2.75, 3.05) is 24.6 Å². The maximum Gasteiger partial charge on any atom is 0.151 e. The highest BCUT2D eigenvalue weighted by Crippen LogP contribution is 2.19. The van der Waals surface area contributed by atoms with E-state index < -0.39 is 9.84 Å². The first-order chi connectivity index (χ1) is 7.80. The minimum atomic E-state index is -2.82. The minimum Gasteiger partial charge on any atom is -0.393 e. The zero-order valence-corrected chi connectivity index (χ0v) is 12.2. The highest BCUT2D eigenvalue weighted by Gasteiger charge is 2.32. The van der Waals surface area contributed by atoms with Gasteiger partial charge in [0, 0.05) is 25.6 Å². The summed E-state index contributed by atoms with van der Waals surface area (Å²) in [7, 11) is -2.82. The van der Waals surface area contributed by atoms with Crippen molar-refractivity contribution in [1.29, 1.82) is 0 Å². The molecule has 1 heterocycles. The maximum absolute atomic E-state index is 11.5. The monoisotopic (exact) mass is 278 g/mol. The van der Waals surface area contributed by atoms with Crippen LogP contribution in [0.5, 0.6) is 0 Å². The fourth-order valence-corrected chi connectivity index (χ4v) is 4.06. The van der Waals surface area contributed by atoms with Crippen LogP contribution in [-0.2, 0) is 9.84 Å². The van der Waals surface area contributed by atoms with Gasteiger partial charge in [-0.1, -0.05) is 26.1 Å². The van der Waals surface area contributed by atoms with Crippen molar-refractivity contribution in [3.63, 3.8) is 0 Å². The smallest absolute Gasteiger partial charge is 0.151 e. The molecule has 4 nitrogen and oxygen atoms in total. The molecule has 0 radical (unpaired) electrons. The lowest BCUT2D eigenvalue weighted by atomic mass is 10.1. The molecule has 0 aromatic carbocycles. The van der Waals surface area contributed by atoms with Gasteiger partial charge in [0.15, 0.2) is 9.84 Å². The van der Waals surface area contributed by atoms with Gasteiger partial charge < -0.3 is 5.73 Å². The first-order valence-electron chi connectivity index (χ1n) is 6.03. The van der Waals surface area contributed by atoms with Gasteiger partial charge >= 0.3 is 0 Å². The Labute approximate surface area is 109 Å². The average molecular weight is 278 g/mol. The van der Waals surface area contributed by atoms with Crippen molar-refractivity contribution in [3.05, 3.63) is 0 Å². The Morgan fingerprint density at radius 3 is 2.59 bits per heavy atom. The Balaban J connectivity index is 2.60. The molecule has 1 fully saturated rings. The van der Waals surface area contributed by atoms with Crippen LogP contribution < -0.4 is 5.73 Å². The number of nitrogens with two attached hydrogens (primary N) is 1. The molecule has 1 aliphatic heterocycles. The molecule has 100 valence electrons. The number of thiocarbonyl (C=S) groups is 1. The third kappa shape index (κ3) is 5.31. The van der Waals surface area contributed by atoms with Crippen LogP contribution in [0, 0.1) is 5.92 Å². The van der Waals surface area contributed by atoms with E-state index in [-0.39, 0.29) is 11.8 Å². The standard InChI is InChI=1S/C11H22N2O2S2/c1-9(2)7-13(5-3-11(12)16)10-4-6-17(14,15)8-10/h9-10H,3-8H2,1-2H3,(H2,12,16). The number of rotatable bonds is 6. The topological polar surface area (TPSA) is 63.4 Å². The molecule has 2 N–H and O–H groups in total. The van der Waals surface area contributed by atoms with E-state index in [4.69, 9.17) is 18.0 Å². The van der Waals surface area contributed by atoms with E-state index in [0.717, 1.165) is 19.5 Å². The molecule has 0 aromatic rings. The summed E-state index contributed by atoms with van der Waals surface area (Å²) in [6.45, 7) is 5.95. The van der Waals surface area contributed by atoms with E-state index in [1.807, 2.05) is 0 Å². The molecular formula is C11H22N2O2S2. The highest BCUT2D eigenvalue weighted by molar-refractivity contribution is 7.91. The van der Waals surface area contributed by atoms with Gasteiger partial charge in [0.1, 0.15) is 0 Å². The number of sulfone groups is 1. The summed E-state index contributed by atoms with van der Waals surface area (Å²) in [6.07, 6.45) is 1.41. The lowest BCUT2D eigenvalue weighted by molar-refractivity contribution is 0.195. The van der Waals surface area contributed by atoms with Gasteiger partial charge in [-0.25, -0.2) is 8.42 Å². The summed E-state index contributed by atoms with van der Waals surface area (Å²) >= 11 is 4.88. The van der Waals surface area contributed by atoms with E-state index in [2.05, 4.69) is 18.7 Å². The van der Waals surface area contributed by atoms with Crippen molar-refractivity contribution in [2.24, 2.45) is 11.7 Å². The molecule has 1 saturated heterocycles. The van der Waals surface area contributed by atoms with Crippen molar-refractivity contribution in [2.45, 2.75) is 32.7 Å². The van der Waals surface area contributed by atoms with Crippen LogP contribution in [0.25, 0.3) is 0 Å². The summed E-state index contributed by atoms with van der Waals surface area (Å²) in [5.41, 5.74) is 5.51. The van der Waals surface area contributed by atoms with Crippen molar-refractivity contribution < 1.29 is 8.42 Å². The normalized spacial score (nSPS) is 23.4. The Bertz CT molecular complexity index is 366. The fraction of sp³-hybridized carbons (Fsp3) is 0.909. The zero-order valence-electron chi connectivity index (χ0n) is 10.6. The van der Waals surface area contributed by atoms with E-state index in [1.165, 1.54) is 0 Å². The molecule has 0 aromatic heterocycles. The summed E-state index contributed by atoms with van der Waals surface area (Å²) in [5, 5.41) is 0. The van der Waals surface area contributed by atoms with Crippen LogP contribution in [0.15, 0.2) is 0 Å². The molecule has 0 amide bonds. The largest absolute Gasteiger partial charge is 0.393 e. The van der Waals surface area contributed by atoms with Crippen molar-refractivity contribution >= 4 is 27.0 Å². The highest BCUT2D eigenvalue weighted by atomic mass is 32.2. The molecule has 0 bridgehead atoms. The number of hydrogen-bond donors (Lipinski definition) is 1. The summed E-state index contributed by atoms with van der Waals surface area (Å²) in [5.74, 6) is 1.13. The third-order valence-corrected chi connectivity index (χ3v) is 4.92. The molecule has 0 aliphatic carbocycles. The van der Waals surface area contributed by atoms with Crippen LogP contribution in [0.2, 0.25) is 0 Å². The molecule has 1 unspecified atom stereocenters. The molecule has 1 aliphatic rings. The molecule has 0 spiro atoms. The molecule has 0 saturated carbocycles. The first kappa shape index (κ1) is 14.9. The minimum absolute atomic E-state index is 0.150. The fourth-order valence-electron chi connectivity index (χ4n) is 2.21. The van der Waals surface area contributed by atoms with Crippen LogP contribution in [-0.4, -0.2) is 48.9 Å². The SMILES string of the molecule is CC(C)CN(CCC(N)=S)C1CCS(=O)(=O)C1. The zero-order chi connectivity index (χ0) is 13.1. The van der Waals surface area contributed by atoms with Crippen LogP contribution in [0.1, 0.15) is 26.7 Å². The Morgan fingerprint density at radius 1 is 1.53 bits per heavy atom. The second kappa shape index (κ2) is 6.11. The summed E-state index contributed by atoms with van der Waals surface area (Å²) in [6, 6.07) is 0.150. The Hall–Kier alpha value is -0.200. The second-order valence-corrected chi connectivity index (χ2v) is 7.92. The van der Waals surface area contributed by atoms with E-state index in [0.29, 0.717) is 23.1 Å². The summed E-state index contributed by atoms with van der Waals surface area (Å²) in [4.78, 5) is 2.73. The van der Waals surface area contributed by atoms with Gasteiger partial charge in [-0.15, -0.1) is 0 Å². The van der Waals surface area contributed by atoms with Gasteiger partial charge in [-0.3, -0.25) is 4.90 Å². The molecule has 6 heteroatoms. The predicted molar refractivity (Wildman–Crippen MR) is 74.9 cm³/mol. The van der Waals surface area contributed by atoms with Crippen LogP contribution in [0.4, 0.5) is 0 Å². The second-order valence-electron chi connectivity index (χ2n) is 5.16. The van der Waals surface area contributed by atoms with Gasteiger partial charge in [-0.2, -0.15) is 0 Å². The van der Waals surface area contributed by atoms with E-state index in [1.54, 1.807) is 0 Å². The quantitative estimate of drug-likeness (QED) is 0.728. The number of nitrogens with zero attached hydrogens (tertiary/aromatic N) is 1. The van der Waals surface area contributed by atoms with Crippen LogP contribution in [0.3, 0.4) is 0 Å². The number of hydrogen-bond acceptors (Lipinski definition) is 4. The molecule has 17 heavy (non-hydrogen) atoms. The van der Waals surface area contributed by atoms with Crippen LogP contribution >= 0.6 is 12.2 Å². The van der Waals surface area contributed by atoms with Crippen molar-refractivity contribution in [1.82, 2.24) is 4.90 Å². The van der Waals surface area contributed by atoms with Gasteiger partial charge in [0.2, 0.25) is 0 Å². The van der Waals surface area contributed by atoms with Gasteiger partial charge in [0.25, 0.3) is 0 Å². The Morgan fingerprint density at radius 2 is 2.18 bits per heavy atom. The molecular weight excluding hydrogens is 256 g/mol. The molecule has 1 rings (SSSR count). The first-order valence-corrected chi connectivity index (χ1v) is 8.26. The molecule has 1 atom stereocenters. The Kier molecular flexibility index (Phi) is 5.34. The van der Waals surface area contributed by atoms with E-state index >= 15 is 0 Å². The van der Waals surface area contributed by atoms with Gasteiger partial charge in [0.05, 0.1) is 16.5 Å². The van der Waals surface area contributed by atoms with Crippen molar-refractivity contribution in [3.8, 4) is 0 Å². The predicted octanol–water partition coefficient (Wildman–Crippen LogP) is 0.808. The summed E-state index contributed by atoms with van der Waals surface area (Å²) < 4.78 is 23.0. The maximum atomic E-state index is 11.5. The third-order valence-electron chi connectivity index (χ3n) is 2.97. The van der Waals surface area contributed by atoms with Gasteiger partial charge in [-0.05, 0) is 12.3 Å². The average Bonchev–Trinajstić information content (AvgIpc) is 2.52. The lowest BCUT2D eigenvalue weighted by Gasteiger charge is -2.29.